The van der Waals surface area contributed by atoms with Crippen molar-refractivity contribution < 1.29 is 4.21 Å². The molecule has 2 nitrogen and oxygen atoms in total. The average Bonchev–Trinajstić information content (AvgIpc) is 2.23. The Bertz CT molecular complexity index is 408. The average molecular weight is 244 g/mol. The van der Waals surface area contributed by atoms with Gasteiger partial charge in [0.25, 0.3) is 0 Å². The maximum Gasteiger partial charge on any atom is 0.0562 e. The maximum atomic E-state index is 12.0. The van der Waals surface area contributed by atoms with E-state index in [0.29, 0.717) is 5.02 Å². The summed E-state index contributed by atoms with van der Waals surface area (Å²) in [7, 11) is 1.04. The summed E-state index contributed by atoms with van der Waals surface area (Å²) < 4.78 is 12.0. The van der Waals surface area contributed by atoms with Gasteiger partial charge < -0.3 is 5.32 Å². The van der Waals surface area contributed by atoms with Crippen LogP contribution in [0.5, 0.6) is 0 Å². The number of rotatable bonds is 1. The monoisotopic (exact) mass is 243 g/mol. The minimum absolute atomic E-state index is 0.205. The minimum Gasteiger partial charge on any atom is -0.313 e. The highest BCUT2D eigenvalue weighted by Crippen LogP contribution is 2.34. The van der Waals surface area contributed by atoms with Gasteiger partial charge in [-0.1, -0.05) is 18.5 Å². The molecular formula is C11H14ClNOS. The molecule has 82 valence electrons. The Morgan fingerprint density at radius 3 is 2.93 bits per heavy atom. The van der Waals surface area contributed by atoms with Crippen molar-refractivity contribution in [1.29, 1.82) is 0 Å². The molecule has 1 aliphatic heterocycles. The fourth-order valence-corrected chi connectivity index (χ4v) is 3.63. The molecule has 3 atom stereocenters. The van der Waals surface area contributed by atoms with Gasteiger partial charge in [-0.2, -0.15) is 0 Å². The van der Waals surface area contributed by atoms with E-state index >= 15 is 0 Å². The normalized spacial score (nSPS) is 29.9. The van der Waals surface area contributed by atoms with Crippen molar-refractivity contribution in [3.05, 3.63) is 28.8 Å². The Morgan fingerprint density at radius 1 is 1.53 bits per heavy atom. The topological polar surface area (TPSA) is 29.1 Å². The summed E-state index contributed by atoms with van der Waals surface area (Å²) in [6, 6.07) is 5.88. The van der Waals surface area contributed by atoms with Crippen molar-refractivity contribution in [3.8, 4) is 0 Å². The van der Waals surface area contributed by atoms with Gasteiger partial charge in [-0.25, -0.2) is 0 Å². The highest BCUT2D eigenvalue weighted by Gasteiger charge is 2.29. The number of hydrogen-bond donors (Lipinski definition) is 1. The first kappa shape index (κ1) is 11.1. The molecule has 0 spiro atoms. The van der Waals surface area contributed by atoms with Gasteiger partial charge in [0.15, 0.2) is 0 Å². The van der Waals surface area contributed by atoms with Crippen molar-refractivity contribution in [2.45, 2.75) is 29.5 Å². The molecule has 0 aromatic heterocycles. The summed E-state index contributed by atoms with van der Waals surface area (Å²) >= 11 is 5.96. The third-order valence-electron chi connectivity index (χ3n) is 2.85. The Morgan fingerprint density at radius 2 is 2.27 bits per heavy atom. The predicted molar refractivity (Wildman–Crippen MR) is 63.7 cm³/mol. The van der Waals surface area contributed by atoms with Gasteiger partial charge in [0, 0.05) is 21.2 Å². The molecule has 0 amide bonds. The zero-order valence-corrected chi connectivity index (χ0v) is 10.4. The fraction of sp³-hybridized carbons (Fsp3) is 0.455. The van der Waals surface area contributed by atoms with Crippen LogP contribution >= 0.6 is 11.6 Å². The van der Waals surface area contributed by atoms with Crippen molar-refractivity contribution in [2.75, 3.05) is 7.05 Å². The van der Waals surface area contributed by atoms with Crippen LogP contribution < -0.4 is 5.32 Å². The van der Waals surface area contributed by atoms with Crippen LogP contribution in [-0.2, 0) is 10.8 Å². The van der Waals surface area contributed by atoms with Gasteiger partial charge >= 0.3 is 0 Å². The lowest BCUT2D eigenvalue weighted by Gasteiger charge is -2.28. The molecule has 0 fully saturated rings. The molecule has 1 aromatic carbocycles. The smallest absolute Gasteiger partial charge is 0.0562 e. The van der Waals surface area contributed by atoms with Gasteiger partial charge in [-0.15, -0.1) is 0 Å². The molecule has 0 radical (unpaired) electrons. The highest BCUT2D eigenvalue weighted by molar-refractivity contribution is 7.85. The third kappa shape index (κ3) is 1.96. The van der Waals surface area contributed by atoms with E-state index in [4.69, 9.17) is 11.6 Å². The fourth-order valence-electron chi connectivity index (χ4n) is 2.01. The molecule has 0 saturated heterocycles. The zero-order valence-electron chi connectivity index (χ0n) is 8.79. The number of fused-ring (bicyclic) bond motifs is 1. The molecule has 1 aromatic rings. The standard InChI is InChI=1S/C11H14ClNOS/c1-7-5-10(13-2)9-6-8(12)3-4-11(9)15(7)14/h3-4,6-7,10,13H,5H2,1-2H3. The van der Waals surface area contributed by atoms with E-state index in [2.05, 4.69) is 5.32 Å². The van der Waals surface area contributed by atoms with Crippen LogP contribution in [0.2, 0.25) is 5.02 Å². The molecule has 3 unspecified atom stereocenters. The second-order valence-corrected chi connectivity index (χ2v) is 6.14. The zero-order chi connectivity index (χ0) is 11.0. The van der Waals surface area contributed by atoms with Crippen LogP contribution in [0, 0.1) is 0 Å². The van der Waals surface area contributed by atoms with Crippen molar-refractivity contribution in [1.82, 2.24) is 5.32 Å². The highest BCUT2D eigenvalue weighted by atomic mass is 35.5. The van der Waals surface area contributed by atoms with Crippen molar-refractivity contribution in [2.24, 2.45) is 0 Å². The molecule has 1 aliphatic rings. The summed E-state index contributed by atoms with van der Waals surface area (Å²) in [6.07, 6.45) is 0.899. The lowest BCUT2D eigenvalue weighted by Crippen LogP contribution is -2.29. The second kappa shape index (κ2) is 4.24. The van der Waals surface area contributed by atoms with Crippen LogP contribution in [0.15, 0.2) is 23.1 Å². The summed E-state index contributed by atoms with van der Waals surface area (Å²) in [4.78, 5) is 0.928. The molecule has 1 N–H and O–H groups in total. The van der Waals surface area contributed by atoms with E-state index in [1.54, 1.807) is 0 Å². The lowest BCUT2D eigenvalue weighted by molar-refractivity contribution is 0.518. The summed E-state index contributed by atoms with van der Waals surface area (Å²) in [5, 5.41) is 4.16. The number of hydrogen-bond acceptors (Lipinski definition) is 2. The van der Waals surface area contributed by atoms with E-state index in [1.165, 1.54) is 0 Å². The molecule has 4 heteroatoms. The van der Waals surface area contributed by atoms with Gasteiger partial charge in [-0.05, 0) is 37.2 Å². The predicted octanol–water partition coefficient (Wildman–Crippen LogP) is 2.50. The van der Waals surface area contributed by atoms with E-state index in [0.717, 1.165) is 16.9 Å². The molecule has 0 aliphatic carbocycles. The summed E-state index contributed by atoms with van der Waals surface area (Å²) in [6.45, 7) is 2.03. The maximum absolute atomic E-state index is 12.0. The van der Waals surface area contributed by atoms with E-state index in [9.17, 15) is 4.21 Å². The van der Waals surface area contributed by atoms with Crippen molar-refractivity contribution >= 4 is 22.4 Å². The van der Waals surface area contributed by atoms with Crippen LogP contribution in [0.4, 0.5) is 0 Å². The first-order chi connectivity index (χ1) is 7.13. The summed E-state index contributed by atoms with van der Waals surface area (Å²) in [5.41, 5.74) is 1.08. The van der Waals surface area contributed by atoms with Gasteiger partial charge in [0.2, 0.25) is 0 Å². The Hall–Kier alpha value is -0.380. The molecule has 0 bridgehead atoms. The van der Waals surface area contributed by atoms with Crippen LogP contribution in [0.1, 0.15) is 24.9 Å². The second-order valence-electron chi connectivity index (χ2n) is 3.87. The summed E-state index contributed by atoms with van der Waals surface area (Å²) in [5.74, 6) is 0. The van der Waals surface area contributed by atoms with Gasteiger partial charge in [-0.3, -0.25) is 4.21 Å². The van der Waals surface area contributed by atoms with Crippen molar-refractivity contribution in [3.63, 3.8) is 0 Å². The Kier molecular flexibility index (Phi) is 3.14. The quantitative estimate of drug-likeness (QED) is 0.821. The van der Waals surface area contributed by atoms with E-state index in [-0.39, 0.29) is 11.3 Å². The first-order valence-corrected chi connectivity index (χ1v) is 6.60. The van der Waals surface area contributed by atoms with Crippen LogP contribution in [0.3, 0.4) is 0 Å². The Labute approximate surface area is 97.5 Å². The molecule has 1 heterocycles. The minimum atomic E-state index is -0.889. The number of benzene rings is 1. The van der Waals surface area contributed by atoms with Gasteiger partial charge in [0.1, 0.15) is 0 Å². The number of halogens is 1. The van der Waals surface area contributed by atoms with Gasteiger partial charge in [0.05, 0.1) is 10.8 Å². The van der Waals surface area contributed by atoms with E-state index in [1.807, 2.05) is 32.2 Å². The molecule has 0 saturated carbocycles. The number of nitrogens with one attached hydrogen (secondary N) is 1. The largest absolute Gasteiger partial charge is 0.313 e. The van der Waals surface area contributed by atoms with Crippen LogP contribution in [-0.4, -0.2) is 16.5 Å². The molecule has 2 rings (SSSR count). The Balaban J connectivity index is 2.53. The van der Waals surface area contributed by atoms with E-state index < -0.39 is 10.8 Å². The molecule has 15 heavy (non-hydrogen) atoms. The molecular weight excluding hydrogens is 230 g/mol. The lowest BCUT2D eigenvalue weighted by atomic mass is 10.0. The third-order valence-corrected chi connectivity index (χ3v) is 4.81. The van der Waals surface area contributed by atoms with Crippen LogP contribution in [0.25, 0.3) is 0 Å². The SMILES string of the molecule is CNC1CC(C)S(=O)c2ccc(Cl)cc21. The first-order valence-electron chi connectivity index (χ1n) is 5.00.